The second kappa shape index (κ2) is 6.71. The average Bonchev–Trinajstić information content (AvgIpc) is 2.55. The van der Waals surface area contributed by atoms with Crippen LogP contribution in [0, 0.1) is 0 Å². The fourth-order valence-corrected chi connectivity index (χ4v) is 1.96. The van der Waals surface area contributed by atoms with Crippen LogP contribution in [0.5, 0.6) is 23.0 Å². The smallest absolute Gasteiger partial charge is 0.255 e. The number of carbonyl (C=O) groups is 1. The molecule has 2 aromatic carbocycles. The zero-order chi connectivity index (χ0) is 16.1. The highest BCUT2D eigenvalue weighted by molar-refractivity contribution is 6.05. The Hall–Kier alpha value is -2.89. The number of phenols is 1. The summed E-state index contributed by atoms with van der Waals surface area (Å²) in [5.74, 6) is 1.03. The number of benzene rings is 2. The van der Waals surface area contributed by atoms with E-state index < -0.39 is 0 Å². The number of amides is 1. The van der Waals surface area contributed by atoms with Crippen molar-refractivity contribution in [1.82, 2.24) is 0 Å². The molecule has 0 aromatic heterocycles. The maximum atomic E-state index is 12.3. The molecule has 22 heavy (non-hydrogen) atoms. The van der Waals surface area contributed by atoms with Crippen LogP contribution in [0.1, 0.15) is 10.4 Å². The molecule has 0 aliphatic carbocycles. The second-order valence-corrected chi connectivity index (χ2v) is 4.42. The summed E-state index contributed by atoms with van der Waals surface area (Å²) >= 11 is 0. The van der Waals surface area contributed by atoms with Gasteiger partial charge >= 0.3 is 0 Å². The summed E-state index contributed by atoms with van der Waals surface area (Å²) in [5, 5.41) is 12.0. The van der Waals surface area contributed by atoms with Crippen LogP contribution in [0.15, 0.2) is 36.4 Å². The van der Waals surface area contributed by atoms with Gasteiger partial charge in [0.15, 0.2) is 11.5 Å². The van der Waals surface area contributed by atoms with Gasteiger partial charge in [-0.2, -0.15) is 0 Å². The highest BCUT2D eigenvalue weighted by Crippen LogP contribution is 2.38. The first-order valence-corrected chi connectivity index (χ1v) is 6.49. The fraction of sp³-hybridized carbons (Fsp3) is 0.188. The normalized spacial score (nSPS) is 9.95. The van der Waals surface area contributed by atoms with Gasteiger partial charge in [0, 0.05) is 11.3 Å². The monoisotopic (exact) mass is 303 g/mol. The first kappa shape index (κ1) is 15.5. The molecule has 0 fully saturated rings. The van der Waals surface area contributed by atoms with Gasteiger partial charge in [-0.15, -0.1) is 0 Å². The number of ether oxygens (including phenoxy) is 3. The van der Waals surface area contributed by atoms with E-state index in [2.05, 4.69) is 5.32 Å². The number of phenolic OH excluding ortho intramolecular Hbond substituents is 1. The molecular weight excluding hydrogens is 286 g/mol. The van der Waals surface area contributed by atoms with Crippen LogP contribution in [-0.2, 0) is 0 Å². The van der Waals surface area contributed by atoms with Crippen LogP contribution < -0.4 is 19.5 Å². The molecule has 2 N–H and O–H groups in total. The Kier molecular flexibility index (Phi) is 4.73. The van der Waals surface area contributed by atoms with E-state index in [9.17, 15) is 9.90 Å². The van der Waals surface area contributed by atoms with Gasteiger partial charge in [0.1, 0.15) is 5.75 Å². The van der Waals surface area contributed by atoms with Crippen molar-refractivity contribution in [3.8, 4) is 23.0 Å². The summed E-state index contributed by atoms with van der Waals surface area (Å²) in [6, 6.07) is 9.32. The summed E-state index contributed by atoms with van der Waals surface area (Å²) < 4.78 is 15.6. The van der Waals surface area contributed by atoms with Crippen molar-refractivity contribution in [3.05, 3.63) is 42.0 Å². The number of methoxy groups -OCH3 is 3. The van der Waals surface area contributed by atoms with E-state index in [0.29, 0.717) is 28.5 Å². The minimum Gasteiger partial charge on any atom is -0.508 e. The lowest BCUT2D eigenvalue weighted by molar-refractivity contribution is 0.102. The first-order chi connectivity index (χ1) is 10.6. The summed E-state index contributed by atoms with van der Waals surface area (Å²) in [6.07, 6.45) is 0. The van der Waals surface area contributed by atoms with Crippen molar-refractivity contribution in [2.45, 2.75) is 0 Å². The third kappa shape index (κ3) is 3.22. The van der Waals surface area contributed by atoms with Gasteiger partial charge in [0.25, 0.3) is 5.91 Å². The third-order valence-electron chi connectivity index (χ3n) is 3.05. The number of hydrogen-bond acceptors (Lipinski definition) is 5. The van der Waals surface area contributed by atoms with Crippen molar-refractivity contribution >= 4 is 11.6 Å². The van der Waals surface area contributed by atoms with Crippen LogP contribution in [-0.4, -0.2) is 32.3 Å². The Labute approximate surface area is 128 Å². The van der Waals surface area contributed by atoms with Gasteiger partial charge in [-0.25, -0.2) is 0 Å². The molecule has 0 radical (unpaired) electrons. The number of aromatic hydroxyl groups is 1. The van der Waals surface area contributed by atoms with Crippen LogP contribution in [0.25, 0.3) is 0 Å². The molecule has 0 saturated heterocycles. The van der Waals surface area contributed by atoms with E-state index in [1.165, 1.54) is 33.5 Å². The highest BCUT2D eigenvalue weighted by Gasteiger charge is 2.17. The molecule has 1 amide bonds. The molecule has 0 atom stereocenters. The molecule has 6 nitrogen and oxygen atoms in total. The van der Waals surface area contributed by atoms with Gasteiger partial charge in [0.2, 0.25) is 5.75 Å². The van der Waals surface area contributed by atoms with E-state index in [1.807, 2.05) is 0 Å². The third-order valence-corrected chi connectivity index (χ3v) is 3.05. The highest BCUT2D eigenvalue weighted by atomic mass is 16.5. The standard InChI is InChI=1S/C16H17NO5/c1-20-13-8-10(9-14(21-2)15(13)22-3)16(19)17-11-4-6-12(18)7-5-11/h4-9,18H,1-3H3,(H,17,19). The molecule has 0 spiro atoms. The summed E-state index contributed by atoms with van der Waals surface area (Å²) in [7, 11) is 4.47. The number of anilines is 1. The molecule has 0 unspecified atom stereocenters. The molecule has 0 heterocycles. The zero-order valence-electron chi connectivity index (χ0n) is 12.5. The number of hydrogen-bond donors (Lipinski definition) is 2. The van der Waals surface area contributed by atoms with Crippen LogP contribution >= 0.6 is 0 Å². The maximum Gasteiger partial charge on any atom is 0.255 e. The van der Waals surface area contributed by atoms with E-state index in [4.69, 9.17) is 14.2 Å². The van der Waals surface area contributed by atoms with Crippen molar-refractivity contribution in [3.63, 3.8) is 0 Å². The van der Waals surface area contributed by atoms with Crippen LogP contribution in [0.2, 0.25) is 0 Å². The van der Waals surface area contributed by atoms with Gasteiger partial charge in [-0.05, 0) is 36.4 Å². The molecule has 116 valence electrons. The van der Waals surface area contributed by atoms with Gasteiger partial charge in [0.05, 0.1) is 21.3 Å². The van der Waals surface area contributed by atoms with Crippen molar-refractivity contribution in [1.29, 1.82) is 0 Å². The quantitative estimate of drug-likeness (QED) is 0.830. The fourth-order valence-electron chi connectivity index (χ4n) is 1.96. The topological polar surface area (TPSA) is 77.0 Å². The van der Waals surface area contributed by atoms with Gasteiger partial charge < -0.3 is 24.6 Å². The molecule has 0 aliphatic heterocycles. The van der Waals surface area contributed by atoms with Crippen LogP contribution in [0.4, 0.5) is 5.69 Å². The average molecular weight is 303 g/mol. The Bertz CT molecular complexity index is 642. The molecule has 0 saturated carbocycles. The van der Waals surface area contributed by atoms with E-state index >= 15 is 0 Å². The molecule has 6 heteroatoms. The first-order valence-electron chi connectivity index (χ1n) is 6.49. The molecule has 2 aromatic rings. The van der Waals surface area contributed by atoms with E-state index in [1.54, 1.807) is 24.3 Å². The lowest BCUT2D eigenvalue weighted by Gasteiger charge is -2.14. The number of nitrogens with one attached hydrogen (secondary N) is 1. The predicted molar refractivity (Wildman–Crippen MR) is 82.2 cm³/mol. The lowest BCUT2D eigenvalue weighted by atomic mass is 10.1. The van der Waals surface area contributed by atoms with Crippen molar-refractivity contribution < 1.29 is 24.1 Å². The largest absolute Gasteiger partial charge is 0.508 e. The van der Waals surface area contributed by atoms with Crippen molar-refractivity contribution in [2.24, 2.45) is 0 Å². The van der Waals surface area contributed by atoms with Gasteiger partial charge in [-0.3, -0.25) is 4.79 Å². The summed E-state index contributed by atoms with van der Waals surface area (Å²) in [4.78, 5) is 12.3. The maximum absolute atomic E-state index is 12.3. The molecular formula is C16H17NO5. The Morgan fingerprint density at radius 1 is 0.955 bits per heavy atom. The van der Waals surface area contributed by atoms with Crippen molar-refractivity contribution in [2.75, 3.05) is 26.6 Å². The summed E-state index contributed by atoms with van der Waals surface area (Å²) in [6.45, 7) is 0. The SMILES string of the molecule is COc1cc(C(=O)Nc2ccc(O)cc2)cc(OC)c1OC. The molecule has 2 rings (SSSR count). The number of carbonyl (C=O) groups excluding carboxylic acids is 1. The zero-order valence-corrected chi connectivity index (χ0v) is 12.5. The minimum absolute atomic E-state index is 0.130. The van der Waals surface area contributed by atoms with Crippen LogP contribution in [0.3, 0.4) is 0 Å². The number of rotatable bonds is 5. The Morgan fingerprint density at radius 2 is 1.50 bits per heavy atom. The van der Waals surface area contributed by atoms with Gasteiger partial charge in [-0.1, -0.05) is 0 Å². The predicted octanol–water partition coefficient (Wildman–Crippen LogP) is 2.67. The molecule has 0 aliphatic rings. The minimum atomic E-state index is -0.329. The second-order valence-electron chi connectivity index (χ2n) is 4.42. The summed E-state index contributed by atoms with van der Waals surface area (Å²) in [5.41, 5.74) is 0.930. The van der Waals surface area contributed by atoms with E-state index in [-0.39, 0.29) is 11.7 Å². The Morgan fingerprint density at radius 3 is 1.95 bits per heavy atom. The molecule has 0 bridgehead atoms. The lowest BCUT2D eigenvalue weighted by Crippen LogP contribution is -2.12. The Balaban J connectivity index is 2.31. The van der Waals surface area contributed by atoms with E-state index in [0.717, 1.165) is 0 Å².